The van der Waals surface area contributed by atoms with E-state index in [1.807, 2.05) is 0 Å². The minimum atomic E-state index is -0.159. The summed E-state index contributed by atoms with van der Waals surface area (Å²) >= 11 is 0. The molecule has 0 spiro atoms. The summed E-state index contributed by atoms with van der Waals surface area (Å²) in [7, 11) is 2.09. The monoisotopic (exact) mass is 345 g/mol. The number of nitrogens with one attached hydrogen (secondary N) is 2. The molecule has 2 atom stereocenters. The van der Waals surface area contributed by atoms with Gasteiger partial charge in [-0.25, -0.2) is 4.98 Å². The van der Waals surface area contributed by atoms with Crippen molar-refractivity contribution < 1.29 is 4.79 Å². The van der Waals surface area contributed by atoms with Gasteiger partial charge in [-0.15, -0.1) is 0 Å². The number of hydrogen-bond acceptors (Lipinski definition) is 5. The van der Waals surface area contributed by atoms with Crippen LogP contribution in [-0.2, 0) is 11.3 Å². The third-order valence-electron chi connectivity index (χ3n) is 5.99. The Labute approximate surface area is 147 Å². The largest absolute Gasteiger partial charge is 0.350 e. The molecular weight excluding hydrogens is 318 g/mol. The molecule has 3 aliphatic rings. The Bertz CT molecular complexity index is 683. The van der Waals surface area contributed by atoms with E-state index in [0.717, 1.165) is 26.2 Å². The van der Waals surface area contributed by atoms with Gasteiger partial charge in [0.15, 0.2) is 0 Å². The second-order valence-electron chi connectivity index (χ2n) is 7.71. The second kappa shape index (κ2) is 6.78. The molecule has 25 heavy (non-hydrogen) atoms. The molecule has 1 amide bonds. The number of nitrogens with zero attached hydrogens (tertiary/aromatic N) is 3. The van der Waals surface area contributed by atoms with Gasteiger partial charge in [0.2, 0.25) is 11.9 Å². The zero-order valence-corrected chi connectivity index (χ0v) is 14.8. The maximum atomic E-state index is 12.4. The summed E-state index contributed by atoms with van der Waals surface area (Å²) in [4.78, 5) is 36.1. The third kappa shape index (κ3) is 3.56. The summed E-state index contributed by atoms with van der Waals surface area (Å²) in [6.45, 7) is 3.94. The van der Waals surface area contributed by atoms with Crippen LogP contribution in [0.5, 0.6) is 0 Å². The molecule has 2 N–H and O–H groups in total. The van der Waals surface area contributed by atoms with Crippen molar-refractivity contribution >= 4 is 11.9 Å². The highest BCUT2D eigenvalue weighted by molar-refractivity contribution is 5.82. The first kappa shape index (κ1) is 16.6. The zero-order chi connectivity index (χ0) is 17.4. The molecule has 1 aromatic heterocycles. The van der Waals surface area contributed by atoms with Crippen LogP contribution in [0.3, 0.4) is 0 Å². The van der Waals surface area contributed by atoms with Gasteiger partial charge in [-0.2, -0.15) is 0 Å². The lowest BCUT2D eigenvalue weighted by Crippen LogP contribution is -2.45. The van der Waals surface area contributed by atoms with E-state index in [2.05, 4.69) is 32.1 Å². The molecule has 136 valence electrons. The molecule has 7 nitrogen and oxygen atoms in total. The van der Waals surface area contributed by atoms with E-state index >= 15 is 0 Å². The lowest BCUT2D eigenvalue weighted by atomic mass is 10.0. The molecule has 2 saturated carbocycles. The number of H-pyrrole nitrogens is 1. The fraction of sp³-hybridized carbons (Fsp3) is 0.722. The van der Waals surface area contributed by atoms with E-state index in [9.17, 15) is 9.59 Å². The van der Waals surface area contributed by atoms with Crippen LogP contribution in [0.25, 0.3) is 0 Å². The fourth-order valence-corrected chi connectivity index (χ4v) is 4.43. The standard InChI is InChI=1S/C18H27N5O2/c1-22-6-8-23(9-7-22)18-20-12(10-15(24)21-18)11-19-17(25)16-13-4-2-3-5-14(13)16/h10,13-14,16H,2-9,11H2,1H3,(H,19,25)(H,20,21,24). The quantitative estimate of drug-likeness (QED) is 0.834. The smallest absolute Gasteiger partial charge is 0.252 e. The number of carbonyl (C=O) groups is 1. The molecule has 0 radical (unpaired) electrons. The van der Waals surface area contributed by atoms with E-state index in [-0.39, 0.29) is 17.4 Å². The lowest BCUT2D eigenvalue weighted by Gasteiger charge is -2.32. The van der Waals surface area contributed by atoms with Crippen molar-refractivity contribution in [1.29, 1.82) is 0 Å². The van der Waals surface area contributed by atoms with Gasteiger partial charge in [-0.1, -0.05) is 12.8 Å². The molecule has 3 fully saturated rings. The van der Waals surface area contributed by atoms with Gasteiger partial charge in [0.25, 0.3) is 5.56 Å². The van der Waals surface area contributed by atoms with Gasteiger partial charge in [-0.05, 0) is 31.7 Å². The van der Waals surface area contributed by atoms with Gasteiger partial charge in [0.1, 0.15) is 0 Å². The molecule has 0 aromatic carbocycles. The Morgan fingerprint density at radius 3 is 2.60 bits per heavy atom. The third-order valence-corrected chi connectivity index (χ3v) is 5.99. The van der Waals surface area contributed by atoms with E-state index in [4.69, 9.17) is 0 Å². The van der Waals surface area contributed by atoms with Crippen molar-refractivity contribution in [2.45, 2.75) is 32.2 Å². The number of aromatic nitrogens is 2. The zero-order valence-electron chi connectivity index (χ0n) is 14.8. The average molecular weight is 345 g/mol. The topological polar surface area (TPSA) is 81.3 Å². The maximum absolute atomic E-state index is 12.4. The van der Waals surface area contributed by atoms with Crippen LogP contribution < -0.4 is 15.8 Å². The molecule has 1 aromatic rings. The molecule has 7 heteroatoms. The number of anilines is 1. The normalized spacial score (nSPS) is 29.2. The Balaban J connectivity index is 1.37. The van der Waals surface area contributed by atoms with Crippen molar-refractivity contribution in [3.63, 3.8) is 0 Å². The summed E-state index contributed by atoms with van der Waals surface area (Å²) in [5.41, 5.74) is 0.475. The Kier molecular flexibility index (Phi) is 4.50. The van der Waals surface area contributed by atoms with Crippen LogP contribution in [0.1, 0.15) is 31.4 Å². The lowest BCUT2D eigenvalue weighted by molar-refractivity contribution is -0.123. The van der Waals surface area contributed by atoms with Gasteiger partial charge in [0, 0.05) is 38.2 Å². The molecule has 2 aliphatic carbocycles. The fourth-order valence-electron chi connectivity index (χ4n) is 4.43. The molecule has 1 saturated heterocycles. The molecule has 2 unspecified atom stereocenters. The maximum Gasteiger partial charge on any atom is 0.252 e. The molecule has 1 aliphatic heterocycles. The number of aromatic amines is 1. The molecule has 2 heterocycles. The van der Waals surface area contributed by atoms with E-state index in [1.54, 1.807) is 0 Å². The van der Waals surface area contributed by atoms with Crippen LogP contribution in [0.15, 0.2) is 10.9 Å². The van der Waals surface area contributed by atoms with Crippen LogP contribution in [0.2, 0.25) is 0 Å². The summed E-state index contributed by atoms with van der Waals surface area (Å²) in [6.07, 6.45) is 4.91. The van der Waals surface area contributed by atoms with Gasteiger partial charge in [0.05, 0.1) is 12.2 Å². The SMILES string of the molecule is CN1CCN(c2nc(CNC(=O)C3C4CCCCC43)cc(=O)[nH]2)CC1. The number of fused-ring (bicyclic) bond motifs is 1. The predicted molar refractivity (Wildman–Crippen MR) is 95.4 cm³/mol. The first-order valence-corrected chi connectivity index (χ1v) is 9.43. The number of hydrogen-bond donors (Lipinski definition) is 2. The minimum absolute atomic E-state index is 0.139. The van der Waals surface area contributed by atoms with Crippen molar-refractivity contribution in [3.05, 3.63) is 22.1 Å². The van der Waals surface area contributed by atoms with Crippen molar-refractivity contribution in [1.82, 2.24) is 20.2 Å². The van der Waals surface area contributed by atoms with Crippen molar-refractivity contribution in [3.8, 4) is 0 Å². The number of amides is 1. The Morgan fingerprint density at radius 2 is 1.92 bits per heavy atom. The highest BCUT2D eigenvalue weighted by Crippen LogP contribution is 2.55. The first-order valence-electron chi connectivity index (χ1n) is 9.43. The van der Waals surface area contributed by atoms with Gasteiger partial charge in [-0.3, -0.25) is 14.6 Å². The second-order valence-corrected chi connectivity index (χ2v) is 7.71. The summed E-state index contributed by atoms with van der Waals surface area (Å²) in [5, 5.41) is 3.00. The van der Waals surface area contributed by atoms with Gasteiger partial charge < -0.3 is 15.1 Å². The summed E-state index contributed by atoms with van der Waals surface area (Å²) in [5.74, 6) is 2.15. The highest BCUT2D eigenvalue weighted by atomic mass is 16.2. The molecule has 4 rings (SSSR count). The van der Waals surface area contributed by atoms with E-state index in [0.29, 0.717) is 30.0 Å². The highest BCUT2D eigenvalue weighted by Gasteiger charge is 2.54. The molecule has 0 bridgehead atoms. The molecular formula is C18H27N5O2. The first-order chi connectivity index (χ1) is 12.1. The summed E-state index contributed by atoms with van der Waals surface area (Å²) < 4.78 is 0. The van der Waals surface area contributed by atoms with E-state index in [1.165, 1.54) is 31.7 Å². The number of piperazine rings is 1. The number of rotatable bonds is 4. The van der Waals surface area contributed by atoms with Crippen LogP contribution in [0, 0.1) is 17.8 Å². The van der Waals surface area contributed by atoms with Crippen molar-refractivity contribution in [2.75, 3.05) is 38.1 Å². The van der Waals surface area contributed by atoms with Crippen molar-refractivity contribution in [2.24, 2.45) is 17.8 Å². The number of likely N-dealkylation sites (N-methyl/N-ethyl adjacent to an activating group) is 1. The average Bonchev–Trinajstić information content (AvgIpc) is 3.34. The van der Waals surface area contributed by atoms with Gasteiger partial charge >= 0.3 is 0 Å². The minimum Gasteiger partial charge on any atom is -0.350 e. The Hall–Kier alpha value is -1.89. The number of carbonyl (C=O) groups excluding carboxylic acids is 1. The van der Waals surface area contributed by atoms with E-state index < -0.39 is 0 Å². The summed E-state index contributed by atoms with van der Waals surface area (Å²) in [6, 6.07) is 1.49. The van der Waals surface area contributed by atoms with Crippen LogP contribution >= 0.6 is 0 Å². The van der Waals surface area contributed by atoms with Crippen LogP contribution in [-0.4, -0.2) is 54.0 Å². The van der Waals surface area contributed by atoms with Crippen LogP contribution in [0.4, 0.5) is 5.95 Å². The Morgan fingerprint density at radius 1 is 1.24 bits per heavy atom. The predicted octanol–water partition coefficient (Wildman–Crippen LogP) is 0.574.